The molecule has 0 fully saturated rings. The van der Waals surface area contributed by atoms with Crippen molar-refractivity contribution in [2.75, 3.05) is 11.9 Å². The van der Waals surface area contributed by atoms with Crippen LogP contribution in [0, 0.1) is 6.92 Å². The van der Waals surface area contributed by atoms with Gasteiger partial charge in [0.1, 0.15) is 0 Å². The van der Waals surface area contributed by atoms with Gasteiger partial charge in [0, 0.05) is 29.1 Å². The minimum absolute atomic E-state index is 0.00685. The molecule has 0 atom stereocenters. The fourth-order valence-electron chi connectivity index (χ4n) is 2.04. The molecule has 2 N–H and O–H groups in total. The van der Waals surface area contributed by atoms with Gasteiger partial charge in [-0.1, -0.05) is 48.0 Å². The molecule has 1 amide bonds. The van der Waals surface area contributed by atoms with Crippen molar-refractivity contribution in [1.29, 1.82) is 0 Å². The fourth-order valence-corrected chi connectivity index (χ4v) is 3.04. The Bertz CT molecular complexity index is 865. The third-order valence-corrected chi connectivity index (χ3v) is 4.95. The van der Waals surface area contributed by atoms with Gasteiger partial charge in [-0.25, -0.2) is 13.1 Å². The van der Waals surface area contributed by atoms with E-state index in [1.54, 1.807) is 37.3 Å². The van der Waals surface area contributed by atoms with Crippen LogP contribution in [0.5, 0.6) is 0 Å². The summed E-state index contributed by atoms with van der Waals surface area (Å²) in [6.45, 7) is 1.81. The molecule has 0 aliphatic carbocycles. The molecule has 2 aromatic rings. The van der Waals surface area contributed by atoms with Crippen LogP contribution in [0.1, 0.15) is 17.5 Å². The number of carbonyl (C=O) groups excluding carboxylic acids is 1. The summed E-state index contributed by atoms with van der Waals surface area (Å²) in [6, 6.07) is 14.3. The van der Waals surface area contributed by atoms with Crippen molar-refractivity contribution in [3.63, 3.8) is 0 Å². The van der Waals surface area contributed by atoms with E-state index in [-0.39, 0.29) is 18.9 Å². The first kappa shape index (κ1) is 19.2. The predicted octanol–water partition coefficient (Wildman–Crippen LogP) is 3.57. The van der Waals surface area contributed by atoms with E-state index < -0.39 is 10.0 Å². The quantitative estimate of drug-likeness (QED) is 0.773. The second-order valence-electron chi connectivity index (χ2n) is 5.36. The summed E-state index contributed by atoms with van der Waals surface area (Å²) in [5.41, 5.74) is 2.16. The first-order valence-corrected chi connectivity index (χ1v) is 9.57. The standard InChI is InChI=1S/C18H19ClN2O3S/c1-14-16(19)8-5-9-17(14)21-18(22)10-12-20-25(23,24)13-11-15-6-3-2-4-7-15/h2-9,11,13,20H,10,12H2,1H3,(H,21,22)/b13-11+. The molecule has 2 aromatic carbocycles. The normalized spacial score (nSPS) is 11.6. The Morgan fingerprint density at radius 3 is 2.56 bits per heavy atom. The summed E-state index contributed by atoms with van der Waals surface area (Å²) in [4.78, 5) is 11.9. The van der Waals surface area contributed by atoms with Gasteiger partial charge in [0.25, 0.3) is 0 Å². The number of amides is 1. The molecule has 0 bridgehead atoms. The number of anilines is 1. The molecule has 0 spiro atoms. The van der Waals surface area contributed by atoms with Gasteiger partial charge in [0.15, 0.2) is 0 Å². The molecular formula is C18H19ClN2O3S. The third-order valence-electron chi connectivity index (χ3n) is 3.44. The lowest BCUT2D eigenvalue weighted by atomic mass is 10.2. The lowest BCUT2D eigenvalue weighted by molar-refractivity contribution is -0.116. The zero-order valence-electron chi connectivity index (χ0n) is 13.7. The van der Waals surface area contributed by atoms with E-state index in [1.807, 2.05) is 18.2 Å². The van der Waals surface area contributed by atoms with Crippen molar-refractivity contribution in [3.05, 3.63) is 70.1 Å². The summed E-state index contributed by atoms with van der Waals surface area (Å²) in [5.74, 6) is -0.292. The summed E-state index contributed by atoms with van der Waals surface area (Å²) in [7, 11) is -3.59. The smallest absolute Gasteiger partial charge is 0.233 e. The third kappa shape index (κ3) is 6.34. The molecule has 7 heteroatoms. The van der Waals surface area contributed by atoms with Crippen LogP contribution in [0.15, 0.2) is 53.9 Å². The van der Waals surface area contributed by atoms with E-state index in [1.165, 1.54) is 6.08 Å². The van der Waals surface area contributed by atoms with Crippen molar-refractivity contribution in [3.8, 4) is 0 Å². The molecule has 132 valence electrons. The van der Waals surface area contributed by atoms with Crippen LogP contribution < -0.4 is 10.0 Å². The fraction of sp³-hybridized carbons (Fsp3) is 0.167. The van der Waals surface area contributed by atoms with E-state index in [0.29, 0.717) is 10.7 Å². The molecule has 0 saturated carbocycles. The van der Waals surface area contributed by atoms with Gasteiger partial charge in [-0.2, -0.15) is 0 Å². The maximum absolute atomic E-state index is 11.9. The lowest BCUT2D eigenvalue weighted by Gasteiger charge is -2.09. The Morgan fingerprint density at radius 1 is 1.12 bits per heavy atom. The Balaban J connectivity index is 1.84. The summed E-state index contributed by atoms with van der Waals surface area (Å²) < 4.78 is 26.2. The monoisotopic (exact) mass is 378 g/mol. The highest BCUT2D eigenvalue weighted by Gasteiger charge is 2.09. The van der Waals surface area contributed by atoms with E-state index in [2.05, 4.69) is 10.0 Å². The largest absolute Gasteiger partial charge is 0.326 e. The molecule has 5 nitrogen and oxygen atoms in total. The van der Waals surface area contributed by atoms with Crippen LogP contribution in [-0.2, 0) is 14.8 Å². The predicted molar refractivity (Wildman–Crippen MR) is 102 cm³/mol. The van der Waals surface area contributed by atoms with Gasteiger partial charge in [0.2, 0.25) is 15.9 Å². The molecule has 0 aliphatic heterocycles. The molecule has 0 aliphatic rings. The van der Waals surface area contributed by atoms with Crippen LogP contribution in [0.25, 0.3) is 6.08 Å². The Hall–Kier alpha value is -2.15. The number of nitrogens with one attached hydrogen (secondary N) is 2. The molecule has 0 aromatic heterocycles. The average Bonchev–Trinajstić information content (AvgIpc) is 2.58. The molecule has 0 unspecified atom stereocenters. The maximum Gasteiger partial charge on any atom is 0.233 e. The number of carbonyl (C=O) groups is 1. The minimum Gasteiger partial charge on any atom is -0.326 e. The molecule has 0 radical (unpaired) electrons. The van der Waals surface area contributed by atoms with Gasteiger partial charge >= 0.3 is 0 Å². The van der Waals surface area contributed by atoms with Crippen LogP contribution in [0.3, 0.4) is 0 Å². The first-order chi connectivity index (χ1) is 11.9. The van der Waals surface area contributed by atoms with Crippen molar-refractivity contribution >= 4 is 39.3 Å². The highest BCUT2D eigenvalue weighted by Crippen LogP contribution is 2.22. The second kappa shape index (κ2) is 8.80. The van der Waals surface area contributed by atoms with Gasteiger partial charge in [-0.05, 0) is 36.3 Å². The Labute approximate surface area is 152 Å². The Kier molecular flexibility index (Phi) is 6.75. The highest BCUT2D eigenvalue weighted by molar-refractivity contribution is 7.92. The van der Waals surface area contributed by atoms with E-state index in [0.717, 1.165) is 16.5 Å². The summed E-state index contributed by atoms with van der Waals surface area (Å²) in [5, 5.41) is 4.36. The zero-order chi connectivity index (χ0) is 18.3. The van der Waals surface area contributed by atoms with Crippen LogP contribution in [-0.4, -0.2) is 20.9 Å². The van der Waals surface area contributed by atoms with Crippen LogP contribution in [0.2, 0.25) is 5.02 Å². The number of rotatable bonds is 7. The summed E-state index contributed by atoms with van der Waals surface area (Å²) >= 11 is 6.00. The lowest BCUT2D eigenvalue weighted by Crippen LogP contribution is -2.26. The van der Waals surface area contributed by atoms with Crippen molar-refractivity contribution in [2.24, 2.45) is 0 Å². The summed E-state index contributed by atoms with van der Waals surface area (Å²) in [6.07, 6.45) is 1.52. The minimum atomic E-state index is -3.59. The van der Waals surface area contributed by atoms with Gasteiger partial charge in [0.05, 0.1) is 0 Å². The Morgan fingerprint density at radius 2 is 1.84 bits per heavy atom. The van der Waals surface area contributed by atoms with Gasteiger partial charge < -0.3 is 5.32 Å². The number of hydrogen-bond donors (Lipinski definition) is 2. The maximum atomic E-state index is 11.9. The molecule has 0 heterocycles. The molecule has 2 rings (SSSR count). The first-order valence-electron chi connectivity index (χ1n) is 7.65. The second-order valence-corrected chi connectivity index (χ2v) is 7.42. The topological polar surface area (TPSA) is 75.3 Å². The van der Waals surface area contributed by atoms with E-state index in [4.69, 9.17) is 11.6 Å². The van der Waals surface area contributed by atoms with Gasteiger partial charge in [-0.3, -0.25) is 4.79 Å². The van der Waals surface area contributed by atoms with Gasteiger partial charge in [-0.15, -0.1) is 0 Å². The van der Waals surface area contributed by atoms with Crippen molar-refractivity contribution in [2.45, 2.75) is 13.3 Å². The molecular weight excluding hydrogens is 360 g/mol. The van der Waals surface area contributed by atoms with Crippen LogP contribution >= 0.6 is 11.6 Å². The van der Waals surface area contributed by atoms with E-state index >= 15 is 0 Å². The van der Waals surface area contributed by atoms with Crippen molar-refractivity contribution < 1.29 is 13.2 Å². The van der Waals surface area contributed by atoms with Crippen molar-refractivity contribution in [1.82, 2.24) is 4.72 Å². The van der Waals surface area contributed by atoms with Crippen LogP contribution in [0.4, 0.5) is 5.69 Å². The SMILES string of the molecule is Cc1c(Cl)cccc1NC(=O)CCNS(=O)(=O)/C=C/c1ccccc1. The number of benzene rings is 2. The van der Waals surface area contributed by atoms with E-state index in [9.17, 15) is 13.2 Å². The highest BCUT2D eigenvalue weighted by atomic mass is 35.5. The molecule has 0 saturated heterocycles. The zero-order valence-corrected chi connectivity index (χ0v) is 15.3. The number of sulfonamides is 1. The molecule has 25 heavy (non-hydrogen) atoms. The average molecular weight is 379 g/mol. The number of halogens is 1. The number of hydrogen-bond acceptors (Lipinski definition) is 3.